The van der Waals surface area contributed by atoms with E-state index in [2.05, 4.69) is 19.2 Å². The van der Waals surface area contributed by atoms with Crippen LogP contribution in [0, 0.1) is 0 Å². The first kappa shape index (κ1) is 9.89. The maximum Gasteiger partial charge on any atom is 0.113 e. The molecule has 0 amide bonds. The largest absolute Gasteiger partial charge is 0.314 e. The summed E-state index contributed by atoms with van der Waals surface area (Å²) in [7, 11) is 0. The van der Waals surface area contributed by atoms with Crippen molar-refractivity contribution >= 4 is 0 Å². The number of rotatable bonds is 0. The minimum Gasteiger partial charge on any atom is -0.314 e. The number of halogens is 1. The lowest BCUT2D eigenvalue weighted by Crippen LogP contribution is -2.30. The topological polar surface area (TPSA) is 12.0 Å². The van der Waals surface area contributed by atoms with Crippen molar-refractivity contribution in [2.75, 3.05) is 13.1 Å². The molecule has 0 saturated carbocycles. The zero-order valence-electron chi connectivity index (χ0n) is 6.99. The van der Waals surface area contributed by atoms with Gasteiger partial charge in [0.1, 0.15) is 6.17 Å². The maximum atomic E-state index is 12.1. The van der Waals surface area contributed by atoms with Crippen molar-refractivity contribution in [3.63, 3.8) is 0 Å². The first-order valence-electron chi connectivity index (χ1n) is 4.16. The molecule has 1 nitrogen and oxygen atoms in total. The van der Waals surface area contributed by atoms with Gasteiger partial charge in [-0.05, 0) is 19.4 Å². The van der Waals surface area contributed by atoms with Crippen molar-refractivity contribution < 1.29 is 4.39 Å². The van der Waals surface area contributed by atoms with E-state index in [1.54, 1.807) is 0 Å². The third-order valence-electron chi connectivity index (χ3n) is 1.24. The van der Waals surface area contributed by atoms with Crippen molar-refractivity contribution in [1.29, 1.82) is 0 Å². The van der Waals surface area contributed by atoms with Crippen molar-refractivity contribution in [3.8, 4) is 0 Å². The fourth-order valence-corrected chi connectivity index (χ4v) is 0.809. The van der Waals surface area contributed by atoms with E-state index in [1.807, 2.05) is 0 Å². The van der Waals surface area contributed by atoms with Crippen molar-refractivity contribution in [3.05, 3.63) is 0 Å². The Balaban J connectivity index is 0.000000236. The van der Waals surface area contributed by atoms with Gasteiger partial charge in [0.15, 0.2) is 0 Å². The first-order valence-corrected chi connectivity index (χ1v) is 4.16. The highest BCUT2D eigenvalue weighted by Crippen LogP contribution is 2.03. The molecule has 0 aromatic heterocycles. The number of hydrogen-bond donors (Lipinski definition) is 1. The Labute approximate surface area is 63.0 Å². The summed E-state index contributed by atoms with van der Waals surface area (Å²) in [5.74, 6) is 0. The molecule has 0 radical (unpaired) electrons. The Morgan fingerprint density at radius 2 is 2.10 bits per heavy atom. The molecule has 0 aliphatic carbocycles. The van der Waals surface area contributed by atoms with E-state index in [9.17, 15) is 4.39 Å². The van der Waals surface area contributed by atoms with E-state index in [0.29, 0.717) is 6.54 Å². The molecule has 1 aliphatic rings. The predicted octanol–water partition coefficient (Wildman–Crippen LogP) is 2.12. The minimum absolute atomic E-state index is 0.569. The molecule has 0 aromatic carbocycles. The average molecular weight is 147 g/mol. The molecule has 10 heavy (non-hydrogen) atoms. The van der Waals surface area contributed by atoms with E-state index >= 15 is 0 Å². The van der Waals surface area contributed by atoms with Gasteiger partial charge in [-0.25, -0.2) is 4.39 Å². The van der Waals surface area contributed by atoms with Crippen molar-refractivity contribution in [2.45, 2.75) is 39.3 Å². The summed E-state index contributed by atoms with van der Waals surface area (Å²) in [6.45, 7) is 5.82. The standard InChI is InChI=1S/C5H10FN.C3H8/c6-5-2-1-3-7-4-5;1-3-2/h5,7H,1-4H2;3H2,1-2H3. The lowest BCUT2D eigenvalue weighted by Gasteiger charge is -2.14. The van der Waals surface area contributed by atoms with E-state index < -0.39 is 6.17 Å². The Hall–Kier alpha value is -0.110. The molecule has 1 unspecified atom stereocenters. The van der Waals surface area contributed by atoms with Crippen LogP contribution in [0.2, 0.25) is 0 Å². The van der Waals surface area contributed by atoms with E-state index in [4.69, 9.17) is 0 Å². The number of piperidine rings is 1. The van der Waals surface area contributed by atoms with Crippen molar-refractivity contribution in [2.24, 2.45) is 0 Å². The summed E-state index contributed by atoms with van der Waals surface area (Å²) in [6, 6.07) is 0. The van der Waals surface area contributed by atoms with Gasteiger partial charge in [-0.3, -0.25) is 0 Å². The summed E-state index contributed by atoms with van der Waals surface area (Å²) in [5, 5.41) is 2.96. The second-order valence-electron chi connectivity index (χ2n) is 2.65. The summed E-state index contributed by atoms with van der Waals surface area (Å²) in [5.41, 5.74) is 0. The molecular weight excluding hydrogens is 129 g/mol. The molecule has 1 heterocycles. The average Bonchev–Trinajstić information content (AvgIpc) is 1.91. The summed E-state index contributed by atoms with van der Waals surface area (Å²) < 4.78 is 12.1. The monoisotopic (exact) mass is 147 g/mol. The third kappa shape index (κ3) is 6.02. The van der Waals surface area contributed by atoms with E-state index in [1.165, 1.54) is 6.42 Å². The highest BCUT2D eigenvalue weighted by molar-refractivity contribution is 4.66. The smallest absolute Gasteiger partial charge is 0.113 e. The SMILES string of the molecule is CCC.FC1CCCNC1. The molecule has 1 fully saturated rings. The van der Waals surface area contributed by atoms with Gasteiger partial charge in [0.05, 0.1) is 0 Å². The number of alkyl halides is 1. The van der Waals surface area contributed by atoms with Crippen LogP contribution in [0.1, 0.15) is 33.1 Å². The normalized spacial score (nSPS) is 24.9. The van der Waals surface area contributed by atoms with E-state index in [0.717, 1.165) is 19.4 Å². The lowest BCUT2D eigenvalue weighted by molar-refractivity contribution is 0.266. The van der Waals surface area contributed by atoms with Crippen LogP contribution in [0.15, 0.2) is 0 Å². The van der Waals surface area contributed by atoms with Crippen LogP contribution in [0.25, 0.3) is 0 Å². The van der Waals surface area contributed by atoms with Crippen LogP contribution >= 0.6 is 0 Å². The number of nitrogens with one attached hydrogen (secondary N) is 1. The van der Waals surface area contributed by atoms with Gasteiger partial charge in [0, 0.05) is 6.54 Å². The van der Waals surface area contributed by atoms with Crippen LogP contribution < -0.4 is 5.32 Å². The zero-order valence-corrected chi connectivity index (χ0v) is 6.99. The first-order chi connectivity index (χ1) is 4.81. The molecule has 0 spiro atoms. The van der Waals surface area contributed by atoms with Crippen LogP contribution in [0.5, 0.6) is 0 Å². The van der Waals surface area contributed by atoms with Crippen LogP contribution in [-0.2, 0) is 0 Å². The summed E-state index contributed by atoms with van der Waals surface area (Å²) >= 11 is 0. The van der Waals surface area contributed by atoms with Gasteiger partial charge in [-0.1, -0.05) is 20.3 Å². The Morgan fingerprint density at radius 1 is 1.50 bits per heavy atom. The zero-order chi connectivity index (χ0) is 7.82. The molecule has 1 atom stereocenters. The molecule has 0 bridgehead atoms. The van der Waals surface area contributed by atoms with Gasteiger partial charge >= 0.3 is 0 Å². The maximum absolute atomic E-state index is 12.1. The van der Waals surface area contributed by atoms with E-state index in [-0.39, 0.29) is 0 Å². The van der Waals surface area contributed by atoms with Gasteiger partial charge in [0.2, 0.25) is 0 Å². The third-order valence-corrected chi connectivity index (χ3v) is 1.24. The van der Waals surface area contributed by atoms with Crippen LogP contribution in [0.4, 0.5) is 4.39 Å². The van der Waals surface area contributed by atoms with Crippen LogP contribution in [0.3, 0.4) is 0 Å². The minimum atomic E-state index is -0.575. The second kappa shape index (κ2) is 7.00. The Morgan fingerprint density at radius 3 is 2.30 bits per heavy atom. The van der Waals surface area contributed by atoms with Gasteiger partial charge in [-0.15, -0.1) is 0 Å². The fourth-order valence-electron chi connectivity index (χ4n) is 0.809. The quantitative estimate of drug-likeness (QED) is 0.553. The highest BCUT2D eigenvalue weighted by atomic mass is 19.1. The molecule has 1 aliphatic heterocycles. The summed E-state index contributed by atoms with van der Waals surface area (Å²) in [4.78, 5) is 0. The molecule has 0 aromatic rings. The fraction of sp³-hybridized carbons (Fsp3) is 1.00. The molecule has 1 rings (SSSR count). The molecule has 2 heteroatoms. The molecular formula is C8H18FN. The van der Waals surface area contributed by atoms with Crippen molar-refractivity contribution in [1.82, 2.24) is 5.32 Å². The summed E-state index contributed by atoms with van der Waals surface area (Å²) in [6.07, 6.45) is 2.43. The predicted molar refractivity (Wildman–Crippen MR) is 43.0 cm³/mol. The Bertz CT molecular complexity index is 60.3. The number of hydrogen-bond acceptors (Lipinski definition) is 1. The van der Waals surface area contributed by atoms with Gasteiger partial charge in [-0.2, -0.15) is 0 Å². The second-order valence-corrected chi connectivity index (χ2v) is 2.65. The van der Waals surface area contributed by atoms with Gasteiger partial charge in [0.25, 0.3) is 0 Å². The lowest BCUT2D eigenvalue weighted by atomic mass is 10.1. The molecule has 62 valence electrons. The molecule has 1 N–H and O–H groups in total. The van der Waals surface area contributed by atoms with Crippen LogP contribution in [-0.4, -0.2) is 19.3 Å². The Kier molecular flexibility index (Phi) is 6.93. The van der Waals surface area contributed by atoms with Gasteiger partial charge < -0.3 is 5.32 Å². The highest BCUT2D eigenvalue weighted by Gasteiger charge is 2.08. The molecule has 1 saturated heterocycles.